The van der Waals surface area contributed by atoms with E-state index in [4.69, 9.17) is 27.9 Å². The van der Waals surface area contributed by atoms with Gasteiger partial charge in [0.2, 0.25) is 0 Å². The number of nitrogens with zero attached hydrogens (tertiary/aromatic N) is 1. The molecule has 122 valence electrons. The monoisotopic (exact) mass is 372 g/mol. The van der Waals surface area contributed by atoms with Crippen LogP contribution in [-0.2, 0) is 27.2 Å². The molecule has 8 heteroatoms. The van der Waals surface area contributed by atoms with Gasteiger partial charge in [0.05, 0.1) is 5.56 Å². The van der Waals surface area contributed by atoms with E-state index in [0.717, 1.165) is 29.7 Å². The van der Waals surface area contributed by atoms with E-state index in [1.165, 1.54) is 11.3 Å². The van der Waals surface area contributed by atoms with Crippen LogP contribution in [0.2, 0.25) is 0 Å². The van der Waals surface area contributed by atoms with Gasteiger partial charge in [0.15, 0.2) is 6.61 Å². The SMILES string of the molecule is C[C@]1(C(=O)OCC(=O)Nc2sc3c(c2C#N)CCC3)CC1(Cl)Cl. The molecule has 1 aromatic rings. The molecule has 2 aliphatic rings. The predicted octanol–water partition coefficient (Wildman–Crippen LogP) is 3.17. The third-order valence-corrected chi connectivity index (χ3v) is 6.64. The maximum absolute atomic E-state index is 12.0. The molecule has 23 heavy (non-hydrogen) atoms. The number of nitrogens with one attached hydrogen (secondary N) is 1. The fourth-order valence-electron chi connectivity index (χ4n) is 2.69. The highest BCUT2D eigenvalue weighted by molar-refractivity contribution is 7.16. The second-order valence-corrected chi connectivity index (χ2v) is 8.60. The predicted molar refractivity (Wildman–Crippen MR) is 87.8 cm³/mol. The molecule has 0 radical (unpaired) electrons. The van der Waals surface area contributed by atoms with Crippen molar-refractivity contribution in [1.82, 2.24) is 0 Å². The summed E-state index contributed by atoms with van der Waals surface area (Å²) in [6.45, 7) is 1.18. The summed E-state index contributed by atoms with van der Waals surface area (Å²) >= 11 is 13.2. The quantitative estimate of drug-likeness (QED) is 0.650. The van der Waals surface area contributed by atoms with Crippen molar-refractivity contribution in [3.05, 3.63) is 16.0 Å². The molecular formula is C15H14Cl2N2O3S. The highest BCUT2D eigenvalue weighted by atomic mass is 35.5. The molecule has 1 saturated carbocycles. The van der Waals surface area contributed by atoms with Gasteiger partial charge in [-0.25, -0.2) is 0 Å². The lowest BCUT2D eigenvalue weighted by atomic mass is 10.1. The van der Waals surface area contributed by atoms with Crippen molar-refractivity contribution in [2.24, 2.45) is 5.41 Å². The molecular weight excluding hydrogens is 359 g/mol. The van der Waals surface area contributed by atoms with Crippen molar-refractivity contribution >= 4 is 51.4 Å². The van der Waals surface area contributed by atoms with E-state index in [0.29, 0.717) is 17.0 Å². The largest absolute Gasteiger partial charge is 0.455 e. The first-order valence-electron chi connectivity index (χ1n) is 7.18. The minimum absolute atomic E-state index is 0.305. The number of amides is 1. The number of carbonyl (C=O) groups excluding carboxylic acids is 2. The van der Waals surface area contributed by atoms with Gasteiger partial charge in [0.25, 0.3) is 5.91 Å². The molecule has 3 rings (SSSR count). The number of hydrogen-bond donors (Lipinski definition) is 1. The normalized spacial score (nSPS) is 23.7. The third kappa shape index (κ3) is 2.82. The van der Waals surface area contributed by atoms with E-state index in [9.17, 15) is 14.9 Å². The molecule has 1 heterocycles. The van der Waals surface area contributed by atoms with Crippen molar-refractivity contribution in [3.63, 3.8) is 0 Å². The van der Waals surface area contributed by atoms with Gasteiger partial charge in [-0.15, -0.1) is 34.5 Å². The first kappa shape index (κ1) is 16.6. The van der Waals surface area contributed by atoms with Gasteiger partial charge in [0, 0.05) is 11.3 Å². The van der Waals surface area contributed by atoms with Crippen LogP contribution in [0.5, 0.6) is 0 Å². The van der Waals surface area contributed by atoms with Gasteiger partial charge in [-0.3, -0.25) is 9.59 Å². The maximum atomic E-state index is 12.0. The number of alkyl halides is 2. The summed E-state index contributed by atoms with van der Waals surface area (Å²) in [6.07, 6.45) is 3.15. The summed E-state index contributed by atoms with van der Waals surface area (Å²) < 4.78 is 3.87. The topological polar surface area (TPSA) is 79.2 Å². The van der Waals surface area contributed by atoms with E-state index < -0.39 is 28.2 Å². The standard InChI is InChI=1S/C15H14Cl2N2O3S/c1-14(7-15(14,16)17)13(21)22-6-11(20)19-12-9(5-18)8-3-2-4-10(8)23-12/h2-4,6-7H2,1H3,(H,19,20)/t14-/m1/s1. The highest BCUT2D eigenvalue weighted by Crippen LogP contribution is 2.64. The molecule has 0 bridgehead atoms. The Morgan fingerprint density at radius 1 is 1.43 bits per heavy atom. The number of anilines is 1. The van der Waals surface area contributed by atoms with Crippen molar-refractivity contribution < 1.29 is 14.3 Å². The van der Waals surface area contributed by atoms with E-state index in [1.54, 1.807) is 6.92 Å². The molecule has 0 spiro atoms. The molecule has 5 nitrogen and oxygen atoms in total. The van der Waals surface area contributed by atoms with Gasteiger partial charge >= 0.3 is 5.97 Å². The lowest BCUT2D eigenvalue weighted by Crippen LogP contribution is -2.26. The van der Waals surface area contributed by atoms with Crippen LogP contribution >= 0.6 is 34.5 Å². The smallest absolute Gasteiger partial charge is 0.315 e. The van der Waals surface area contributed by atoms with Crippen molar-refractivity contribution in [2.45, 2.75) is 36.9 Å². The Labute approximate surface area is 147 Å². The van der Waals surface area contributed by atoms with E-state index >= 15 is 0 Å². The number of aryl methyl sites for hydroxylation is 1. The highest BCUT2D eigenvalue weighted by Gasteiger charge is 2.69. The Morgan fingerprint density at radius 3 is 2.74 bits per heavy atom. The molecule has 1 atom stereocenters. The van der Waals surface area contributed by atoms with Crippen LogP contribution in [0.15, 0.2) is 0 Å². The fourth-order valence-corrected chi connectivity index (χ4v) is 4.63. The number of ether oxygens (including phenoxy) is 1. The summed E-state index contributed by atoms with van der Waals surface area (Å²) in [7, 11) is 0. The number of halogens is 2. The van der Waals surface area contributed by atoms with Crippen LogP contribution in [0.25, 0.3) is 0 Å². The van der Waals surface area contributed by atoms with Gasteiger partial charge < -0.3 is 10.1 Å². The number of esters is 1. The number of fused-ring (bicyclic) bond motifs is 1. The summed E-state index contributed by atoms with van der Waals surface area (Å²) in [5, 5.41) is 12.4. The number of carbonyl (C=O) groups is 2. The van der Waals surface area contributed by atoms with Crippen LogP contribution in [0.4, 0.5) is 5.00 Å². The Morgan fingerprint density at radius 2 is 2.13 bits per heavy atom. The zero-order chi connectivity index (χ0) is 16.8. The molecule has 1 aromatic heterocycles. The van der Waals surface area contributed by atoms with Crippen LogP contribution < -0.4 is 5.32 Å². The number of thiophene rings is 1. The van der Waals surface area contributed by atoms with Crippen molar-refractivity contribution in [1.29, 1.82) is 5.26 Å². The minimum atomic E-state index is -1.12. The number of rotatable bonds is 4. The van der Waals surface area contributed by atoms with Crippen LogP contribution in [-0.4, -0.2) is 22.8 Å². The lowest BCUT2D eigenvalue weighted by molar-refractivity contribution is -0.152. The fraction of sp³-hybridized carbons (Fsp3) is 0.533. The van der Waals surface area contributed by atoms with Crippen molar-refractivity contribution in [3.8, 4) is 6.07 Å². The summed E-state index contributed by atoms with van der Waals surface area (Å²) in [5.41, 5.74) is 0.597. The first-order valence-corrected chi connectivity index (χ1v) is 8.75. The molecule has 0 aliphatic heterocycles. The maximum Gasteiger partial charge on any atom is 0.315 e. The molecule has 0 aromatic carbocycles. The van der Waals surface area contributed by atoms with Crippen LogP contribution in [0.3, 0.4) is 0 Å². The third-order valence-electron chi connectivity index (χ3n) is 4.33. The average molecular weight is 373 g/mol. The Balaban J connectivity index is 1.59. The van der Waals surface area contributed by atoms with E-state index in [2.05, 4.69) is 11.4 Å². The Hall–Kier alpha value is -1.29. The zero-order valence-corrected chi connectivity index (χ0v) is 14.7. The van der Waals surface area contributed by atoms with Crippen LogP contribution in [0, 0.1) is 16.7 Å². The van der Waals surface area contributed by atoms with Gasteiger partial charge in [0.1, 0.15) is 20.8 Å². The minimum Gasteiger partial charge on any atom is -0.455 e. The molecule has 2 aliphatic carbocycles. The Kier molecular flexibility index (Phi) is 4.07. The molecule has 1 N–H and O–H groups in total. The van der Waals surface area contributed by atoms with Crippen molar-refractivity contribution in [2.75, 3.05) is 11.9 Å². The first-order chi connectivity index (χ1) is 10.8. The molecule has 0 saturated heterocycles. The van der Waals surface area contributed by atoms with Gasteiger partial charge in [-0.2, -0.15) is 5.26 Å². The average Bonchev–Trinajstić information content (AvgIpc) is 2.84. The molecule has 0 unspecified atom stereocenters. The lowest BCUT2D eigenvalue weighted by Gasteiger charge is -2.11. The molecule has 1 fully saturated rings. The number of nitriles is 1. The van der Waals surface area contributed by atoms with Gasteiger partial charge in [-0.05, 0) is 31.7 Å². The molecule has 1 amide bonds. The summed E-state index contributed by atoms with van der Waals surface area (Å²) in [6, 6.07) is 2.14. The summed E-state index contributed by atoms with van der Waals surface area (Å²) in [4.78, 5) is 25.0. The van der Waals surface area contributed by atoms with E-state index in [-0.39, 0.29) is 0 Å². The second-order valence-electron chi connectivity index (χ2n) is 6.01. The van der Waals surface area contributed by atoms with E-state index in [1.807, 2.05) is 0 Å². The Bertz CT molecular complexity index is 738. The second kappa shape index (κ2) is 5.66. The zero-order valence-electron chi connectivity index (χ0n) is 12.4. The number of hydrogen-bond acceptors (Lipinski definition) is 5. The van der Waals surface area contributed by atoms with Crippen LogP contribution in [0.1, 0.15) is 35.8 Å². The van der Waals surface area contributed by atoms with Gasteiger partial charge in [-0.1, -0.05) is 0 Å². The summed E-state index contributed by atoms with van der Waals surface area (Å²) in [5.74, 6) is -1.07.